The van der Waals surface area contributed by atoms with Crippen molar-refractivity contribution in [3.05, 3.63) is 0 Å². The first-order valence-corrected chi connectivity index (χ1v) is 7.71. The molecule has 1 amide bonds. The van der Waals surface area contributed by atoms with Crippen molar-refractivity contribution in [1.82, 2.24) is 10.2 Å². The number of nitrogens with zero attached hydrogens (tertiary/aromatic N) is 1. The Morgan fingerprint density at radius 1 is 1.35 bits per heavy atom. The molecule has 3 heterocycles. The smallest absolute Gasteiger partial charge is 0.224 e. The average molecular weight is 256 g/mol. The van der Waals surface area contributed by atoms with Crippen LogP contribution in [0.5, 0.6) is 0 Å². The molecule has 3 aliphatic rings. The van der Waals surface area contributed by atoms with E-state index in [0.29, 0.717) is 30.6 Å². The third-order valence-corrected chi connectivity index (χ3v) is 4.95. The predicted molar refractivity (Wildman–Crippen MR) is 68.2 cm³/mol. The van der Waals surface area contributed by atoms with Gasteiger partial charge in [-0.3, -0.25) is 4.79 Å². The molecule has 0 radical (unpaired) electrons. The SMILES string of the molecule is O=C(CC1CSCCN1)N1CC2CCC(C1)O2. The lowest BCUT2D eigenvalue weighted by molar-refractivity contribution is -0.140. The number of likely N-dealkylation sites (tertiary alicyclic amines) is 1. The van der Waals surface area contributed by atoms with E-state index in [1.807, 2.05) is 16.7 Å². The van der Waals surface area contributed by atoms with Crippen LogP contribution in [0.3, 0.4) is 0 Å². The van der Waals surface area contributed by atoms with Crippen molar-refractivity contribution in [2.75, 3.05) is 31.1 Å². The normalized spacial score (nSPS) is 37.2. The second-order valence-electron chi connectivity index (χ2n) is 5.19. The zero-order valence-corrected chi connectivity index (χ0v) is 10.9. The van der Waals surface area contributed by atoms with Crippen molar-refractivity contribution in [3.8, 4) is 0 Å². The van der Waals surface area contributed by atoms with Gasteiger partial charge in [0.2, 0.25) is 5.91 Å². The highest BCUT2D eigenvalue weighted by molar-refractivity contribution is 7.99. The maximum Gasteiger partial charge on any atom is 0.224 e. The molecule has 96 valence electrons. The van der Waals surface area contributed by atoms with Crippen molar-refractivity contribution in [2.24, 2.45) is 0 Å². The number of carbonyl (C=O) groups excluding carboxylic acids is 1. The van der Waals surface area contributed by atoms with Crippen molar-refractivity contribution >= 4 is 17.7 Å². The van der Waals surface area contributed by atoms with Crippen LogP contribution in [0, 0.1) is 0 Å². The number of fused-ring (bicyclic) bond motifs is 2. The van der Waals surface area contributed by atoms with E-state index < -0.39 is 0 Å². The summed E-state index contributed by atoms with van der Waals surface area (Å²) >= 11 is 1.95. The molecule has 0 spiro atoms. The zero-order valence-electron chi connectivity index (χ0n) is 10.1. The predicted octanol–water partition coefficient (Wildman–Crippen LogP) is 0.471. The minimum atomic E-state index is 0.310. The third kappa shape index (κ3) is 2.77. The summed E-state index contributed by atoms with van der Waals surface area (Å²) in [5, 5.41) is 3.43. The molecule has 17 heavy (non-hydrogen) atoms. The molecule has 0 saturated carbocycles. The van der Waals surface area contributed by atoms with E-state index in [0.717, 1.165) is 38.2 Å². The van der Waals surface area contributed by atoms with Gasteiger partial charge in [-0.05, 0) is 12.8 Å². The quantitative estimate of drug-likeness (QED) is 0.780. The van der Waals surface area contributed by atoms with E-state index in [4.69, 9.17) is 4.74 Å². The second kappa shape index (κ2) is 5.16. The highest BCUT2D eigenvalue weighted by Gasteiger charge is 2.36. The number of nitrogens with one attached hydrogen (secondary N) is 1. The Kier molecular flexibility index (Phi) is 3.59. The van der Waals surface area contributed by atoms with Crippen LogP contribution in [0.1, 0.15) is 19.3 Å². The molecular weight excluding hydrogens is 236 g/mol. The fourth-order valence-electron chi connectivity index (χ4n) is 2.91. The Morgan fingerprint density at radius 2 is 2.12 bits per heavy atom. The summed E-state index contributed by atoms with van der Waals surface area (Å²) in [6.45, 7) is 2.67. The zero-order chi connectivity index (χ0) is 11.7. The second-order valence-corrected chi connectivity index (χ2v) is 6.34. The largest absolute Gasteiger partial charge is 0.371 e. The van der Waals surface area contributed by atoms with E-state index in [1.165, 1.54) is 5.75 Å². The highest BCUT2D eigenvalue weighted by Crippen LogP contribution is 2.26. The third-order valence-electron chi connectivity index (χ3n) is 3.82. The van der Waals surface area contributed by atoms with E-state index >= 15 is 0 Å². The molecule has 0 aromatic carbocycles. The van der Waals surface area contributed by atoms with Crippen molar-refractivity contribution in [1.29, 1.82) is 0 Å². The summed E-state index contributed by atoms with van der Waals surface area (Å²) < 4.78 is 5.75. The Morgan fingerprint density at radius 3 is 2.76 bits per heavy atom. The Balaban J connectivity index is 1.51. The van der Waals surface area contributed by atoms with Gasteiger partial charge in [0.1, 0.15) is 0 Å². The molecule has 3 saturated heterocycles. The van der Waals surface area contributed by atoms with E-state index in [9.17, 15) is 4.79 Å². The van der Waals surface area contributed by atoms with Gasteiger partial charge < -0.3 is 15.0 Å². The van der Waals surface area contributed by atoms with Crippen LogP contribution in [0.2, 0.25) is 0 Å². The van der Waals surface area contributed by atoms with Gasteiger partial charge in [0.15, 0.2) is 0 Å². The molecule has 0 aliphatic carbocycles. The van der Waals surface area contributed by atoms with Crippen molar-refractivity contribution in [3.63, 3.8) is 0 Å². The summed E-state index contributed by atoms with van der Waals surface area (Å²) in [7, 11) is 0. The van der Waals surface area contributed by atoms with Crippen LogP contribution in [0.25, 0.3) is 0 Å². The first-order chi connectivity index (χ1) is 8.31. The van der Waals surface area contributed by atoms with E-state index in [1.54, 1.807) is 0 Å². The molecule has 3 unspecified atom stereocenters. The number of morpholine rings is 1. The number of amides is 1. The minimum Gasteiger partial charge on any atom is -0.371 e. The number of hydrogen-bond donors (Lipinski definition) is 1. The maximum atomic E-state index is 12.2. The maximum absolute atomic E-state index is 12.2. The standard InChI is InChI=1S/C12H20N2O2S/c15-12(5-9-8-17-4-3-13-9)14-6-10-1-2-11(7-14)16-10/h9-11,13H,1-8H2. The van der Waals surface area contributed by atoms with Gasteiger partial charge >= 0.3 is 0 Å². The van der Waals surface area contributed by atoms with Gasteiger partial charge in [0.25, 0.3) is 0 Å². The Labute approximate surface area is 106 Å². The van der Waals surface area contributed by atoms with Gasteiger partial charge in [0.05, 0.1) is 12.2 Å². The molecule has 1 N–H and O–H groups in total. The Hall–Kier alpha value is -0.260. The first kappa shape index (κ1) is 11.8. The number of hydrogen-bond acceptors (Lipinski definition) is 4. The summed E-state index contributed by atoms with van der Waals surface area (Å²) in [4.78, 5) is 14.2. The molecule has 3 aliphatic heterocycles. The topological polar surface area (TPSA) is 41.6 Å². The lowest BCUT2D eigenvalue weighted by Crippen LogP contribution is -2.48. The molecular formula is C12H20N2O2S. The fourth-order valence-corrected chi connectivity index (χ4v) is 3.86. The monoisotopic (exact) mass is 256 g/mol. The molecule has 3 atom stereocenters. The van der Waals surface area contributed by atoms with Crippen LogP contribution in [-0.2, 0) is 9.53 Å². The summed E-state index contributed by atoms with van der Waals surface area (Å²) in [6.07, 6.45) is 3.54. The van der Waals surface area contributed by atoms with Crippen molar-refractivity contribution < 1.29 is 9.53 Å². The van der Waals surface area contributed by atoms with Crippen LogP contribution < -0.4 is 5.32 Å². The molecule has 0 aromatic heterocycles. The van der Waals surface area contributed by atoms with Crippen LogP contribution in [-0.4, -0.2) is 60.2 Å². The summed E-state index contributed by atoms with van der Waals surface area (Å²) in [5.74, 6) is 2.56. The molecule has 3 rings (SSSR count). The minimum absolute atomic E-state index is 0.310. The fraction of sp³-hybridized carbons (Fsp3) is 0.917. The summed E-state index contributed by atoms with van der Waals surface area (Å²) in [5.41, 5.74) is 0. The lowest BCUT2D eigenvalue weighted by Gasteiger charge is -2.33. The number of thioether (sulfide) groups is 1. The Bertz CT molecular complexity index is 282. The summed E-state index contributed by atoms with van der Waals surface area (Å²) in [6, 6.07) is 0.377. The molecule has 2 bridgehead atoms. The lowest BCUT2D eigenvalue weighted by atomic mass is 10.2. The van der Waals surface area contributed by atoms with Crippen LogP contribution >= 0.6 is 11.8 Å². The van der Waals surface area contributed by atoms with Gasteiger partial charge in [-0.2, -0.15) is 11.8 Å². The first-order valence-electron chi connectivity index (χ1n) is 6.55. The van der Waals surface area contributed by atoms with Gasteiger partial charge in [-0.25, -0.2) is 0 Å². The van der Waals surface area contributed by atoms with Gasteiger partial charge in [0, 0.05) is 43.6 Å². The number of rotatable bonds is 2. The molecule has 4 nitrogen and oxygen atoms in total. The van der Waals surface area contributed by atoms with E-state index in [2.05, 4.69) is 5.32 Å². The van der Waals surface area contributed by atoms with Crippen molar-refractivity contribution in [2.45, 2.75) is 37.5 Å². The van der Waals surface area contributed by atoms with Gasteiger partial charge in [-0.15, -0.1) is 0 Å². The van der Waals surface area contributed by atoms with Gasteiger partial charge in [-0.1, -0.05) is 0 Å². The van der Waals surface area contributed by atoms with Crippen LogP contribution in [0.4, 0.5) is 0 Å². The molecule has 3 fully saturated rings. The highest BCUT2D eigenvalue weighted by atomic mass is 32.2. The van der Waals surface area contributed by atoms with Crippen LogP contribution in [0.15, 0.2) is 0 Å². The number of carbonyl (C=O) groups is 1. The molecule has 0 aromatic rings. The van der Waals surface area contributed by atoms with E-state index in [-0.39, 0.29) is 0 Å². The number of ether oxygens (including phenoxy) is 1. The average Bonchev–Trinajstić information content (AvgIpc) is 2.69. The molecule has 5 heteroatoms.